The van der Waals surface area contributed by atoms with Gasteiger partial charge in [-0.15, -0.1) is 0 Å². The third kappa shape index (κ3) is 3.91. The van der Waals surface area contributed by atoms with Crippen LogP contribution in [0.3, 0.4) is 0 Å². The maximum absolute atomic E-state index is 12.7. The van der Waals surface area contributed by atoms with Crippen LogP contribution < -0.4 is 5.73 Å². The molecule has 0 aliphatic carbocycles. The largest absolute Gasteiger partial charge is 0.490 e. The topological polar surface area (TPSA) is 92.0 Å². The molecule has 4 N–H and O–H groups in total. The third-order valence-corrected chi connectivity index (χ3v) is 2.04. The van der Waals surface area contributed by atoms with E-state index in [9.17, 15) is 17.6 Å². The Kier molecular flexibility index (Phi) is 4.43. The summed E-state index contributed by atoms with van der Waals surface area (Å²) in [6, 6.07) is 4.46. The summed E-state index contributed by atoms with van der Waals surface area (Å²) in [5.74, 6) is -3.04. The van der Waals surface area contributed by atoms with Gasteiger partial charge in [0.2, 0.25) is 0 Å². The molecule has 5 nitrogen and oxygen atoms in total. The number of nitrogens with one attached hydrogen (secondary N) is 1. The first kappa shape index (κ1) is 14.9. The van der Waals surface area contributed by atoms with E-state index < -0.39 is 12.1 Å². The zero-order valence-electron chi connectivity index (χ0n) is 9.33. The molecule has 0 aliphatic rings. The quantitative estimate of drug-likeness (QED) is 0.694. The summed E-state index contributed by atoms with van der Waals surface area (Å²) >= 11 is 0. The standard InChI is InChI=1S/C8H8FN3.C2HF3O2/c9-5-1-2-6-7(3-5)11-12-8(6)4-10;3-2(4,5)1(6)7/h1-3H,4,10H2,(H,11,12);(H,6,7). The first-order valence-electron chi connectivity index (χ1n) is 4.88. The Labute approximate surface area is 104 Å². The molecule has 1 aromatic carbocycles. The average molecular weight is 279 g/mol. The number of hydrogen-bond donors (Lipinski definition) is 3. The van der Waals surface area contributed by atoms with E-state index in [2.05, 4.69) is 10.2 Å². The van der Waals surface area contributed by atoms with Crippen molar-refractivity contribution in [3.05, 3.63) is 29.7 Å². The Bertz CT molecular complexity index is 580. The number of carbonyl (C=O) groups is 1. The average Bonchev–Trinajstić information content (AvgIpc) is 2.70. The molecule has 9 heteroatoms. The summed E-state index contributed by atoms with van der Waals surface area (Å²) in [6.45, 7) is 0.391. The number of aromatic nitrogens is 2. The molecule has 0 saturated carbocycles. The fraction of sp³-hybridized carbons (Fsp3) is 0.200. The lowest BCUT2D eigenvalue weighted by Gasteiger charge is -1.93. The molecule has 1 aromatic heterocycles. The van der Waals surface area contributed by atoms with Crippen molar-refractivity contribution >= 4 is 16.9 Å². The van der Waals surface area contributed by atoms with E-state index in [-0.39, 0.29) is 5.82 Å². The molecule has 0 bridgehead atoms. The van der Waals surface area contributed by atoms with Gasteiger partial charge in [-0.1, -0.05) is 0 Å². The van der Waals surface area contributed by atoms with Gasteiger partial charge in [0.15, 0.2) is 0 Å². The van der Waals surface area contributed by atoms with Crippen molar-refractivity contribution in [2.24, 2.45) is 5.73 Å². The van der Waals surface area contributed by atoms with Gasteiger partial charge in [0, 0.05) is 18.0 Å². The molecule has 104 valence electrons. The SMILES string of the molecule is NCc1[nH]nc2cc(F)ccc12.O=C(O)C(F)(F)F. The highest BCUT2D eigenvalue weighted by Gasteiger charge is 2.38. The van der Waals surface area contributed by atoms with E-state index in [1.165, 1.54) is 12.1 Å². The molecular formula is C10H9F4N3O2. The van der Waals surface area contributed by atoms with Crippen LogP contribution in [0.2, 0.25) is 0 Å². The van der Waals surface area contributed by atoms with Crippen LogP contribution in [0.15, 0.2) is 18.2 Å². The number of aromatic amines is 1. The van der Waals surface area contributed by atoms with Crippen molar-refractivity contribution in [3.8, 4) is 0 Å². The number of carboxylic acids is 1. The smallest absolute Gasteiger partial charge is 0.475 e. The molecule has 19 heavy (non-hydrogen) atoms. The number of benzene rings is 1. The predicted octanol–water partition coefficient (Wildman–Crippen LogP) is 1.79. The maximum Gasteiger partial charge on any atom is 0.490 e. The van der Waals surface area contributed by atoms with Crippen LogP contribution in [0.4, 0.5) is 17.6 Å². The number of carboxylic acid groups (broad SMARTS) is 1. The van der Waals surface area contributed by atoms with Crippen LogP contribution in [-0.2, 0) is 11.3 Å². The van der Waals surface area contributed by atoms with Crippen molar-refractivity contribution < 1.29 is 27.5 Å². The van der Waals surface area contributed by atoms with E-state index in [4.69, 9.17) is 15.6 Å². The minimum Gasteiger partial charge on any atom is -0.475 e. The van der Waals surface area contributed by atoms with E-state index in [0.29, 0.717) is 12.1 Å². The lowest BCUT2D eigenvalue weighted by Crippen LogP contribution is -2.21. The Morgan fingerprint density at radius 2 is 2.00 bits per heavy atom. The number of rotatable bonds is 1. The summed E-state index contributed by atoms with van der Waals surface area (Å²) in [7, 11) is 0. The number of H-pyrrole nitrogens is 1. The van der Waals surface area contributed by atoms with Crippen molar-refractivity contribution in [3.63, 3.8) is 0 Å². The molecule has 0 amide bonds. The molecule has 0 radical (unpaired) electrons. The van der Waals surface area contributed by atoms with Crippen LogP contribution in [0.25, 0.3) is 10.9 Å². The first-order valence-corrected chi connectivity index (χ1v) is 4.88. The van der Waals surface area contributed by atoms with E-state index in [1.807, 2.05) is 0 Å². The molecule has 0 saturated heterocycles. The van der Waals surface area contributed by atoms with Gasteiger partial charge in [0.05, 0.1) is 11.2 Å². The summed E-state index contributed by atoms with van der Waals surface area (Å²) in [5.41, 5.74) is 6.89. The number of aliphatic carboxylic acids is 1. The number of nitrogens with two attached hydrogens (primary N) is 1. The van der Waals surface area contributed by atoms with Gasteiger partial charge < -0.3 is 10.8 Å². The highest BCUT2D eigenvalue weighted by molar-refractivity contribution is 5.81. The van der Waals surface area contributed by atoms with Gasteiger partial charge in [0.1, 0.15) is 5.82 Å². The number of nitrogens with zero attached hydrogens (tertiary/aromatic N) is 1. The zero-order valence-corrected chi connectivity index (χ0v) is 9.33. The Hall–Kier alpha value is -2.16. The molecular weight excluding hydrogens is 270 g/mol. The number of halogens is 4. The first-order chi connectivity index (χ1) is 8.75. The highest BCUT2D eigenvalue weighted by Crippen LogP contribution is 2.16. The van der Waals surface area contributed by atoms with Gasteiger partial charge in [0.25, 0.3) is 0 Å². The Morgan fingerprint density at radius 1 is 1.42 bits per heavy atom. The minimum atomic E-state index is -5.08. The Morgan fingerprint density at radius 3 is 2.47 bits per heavy atom. The van der Waals surface area contributed by atoms with Crippen LogP contribution in [0.1, 0.15) is 5.69 Å². The molecule has 0 spiro atoms. The molecule has 2 aromatic rings. The summed E-state index contributed by atoms with van der Waals surface area (Å²) in [4.78, 5) is 8.90. The predicted molar refractivity (Wildman–Crippen MR) is 57.6 cm³/mol. The molecule has 0 fully saturated rings. The molecule has 0 unspecified atom stereocenters. The minimum absolute atomic E-state index is 0.280. The molecule has 0 atom stereocenters. The summed E-state index contributed by atoms with van der Waals surface area (Å²) < 4.78 is 44.4. The molecule has 2 rings (SSSR count). The van der Waals surface area contributed by atoms with Crippen LogP contribution in [0, 0.1) is 5.82 Å². The fourth-order valence-corrected chi connectivity index (χ4v) is 1.20. The van der Waals surface area contributed by atoms with Gasteiger partial charge in [-0.2, -0.15) is 18.3 Å². The van der Waals surface area contributed by atoms with Gasteiger partial charge in [-0.05, 0) is 12.1 Å². The normalized spacial score (nSPS) is 11.0. The van der Waals surface area contributed by atoms with E-state index >= 15 is 0 Å². The summed E-state index contributed by atoms with van der Waals surface area (Å²) in [5, 5.41) is 14.7. The molecule has 0 aliphatic heterocycles. The van der Waals surface area contributed by atoms with Gasteiger partial charge >= 0.3 is 12.1 Å². The second-order valence-electron chi connectivity index (χ2n) is 3.37. The van der Waals surface area contributed by atoms with Crippen LogP contribution >= 0.6 is 0 Å². The second kappa shape index (κ2) is 5.65. The number of fused-ring (bicyclic) bond motifs is 1. The van der Waals surface area contributed by atoms with Crippen molar-refractivity contribution in [1.29, 1.82) is 0 Å². The van der Waals surface area contributed by atoms with Gasteiger partial charge in [-0.3, -0.25) is 5.10 Å². The van der Waals surface area contributed by atoms with E-state index in [0.717, 1.165) is 11.1 Å². The van der Waals surface area contributed by atoms with E-state index in [1.54, 1.807) is 6.07 Å². The number of alkyl halides is 3. The highest BCUT2D eigenvalue weighted by atomic mass is 19.4. The Balaban J connectivity index is 0.000000224. The van der Waals surface area contributed by atoms with Crippen molar-refractivity contribution in [1.82, 2.24) is 10.2 Å². The lowest BCUT2D eigenvalue weighted by molar-refractivity contribution is -0.192. The zero-order chi connectivity index (χ0) is 14.6. The fourth-order valence-electron chi connectivity index (χ4n) is 1.20. The number of hydrogen-bond acceptors (Lipinski definition) is 3. The van der Waals surface area contributed by atoms with Gasteiger partial charge in [-0.25, -0.2) is 9.18 Å². The third-order valence-electron chi connectivity index (χ3n) is 2.04. The van der Waals surface area contributed by atoms with Crippen molar-refractivity contribution in [2.75, 3.05) is 0 Å². The van der Waals surface area contributed by atoms with Crippen molar-refractivity contribution in [2.45, 2.75) is 12.7 Å². The monoisotopic (exact) mass is 279 g/mol. The molecule has 1 heterocycles. The second-order valence-corrected chi connectivity index (χ2v) is 3.37. The lowest BCUT2D eigenvalue weighted by atomic mass is 10.2. The maximum atomic E-state index is 12.7. The van der Waals surface area contributed by atoms with Crippen LogP contribution in [-0.4, -0.2) is 27.4 Å². The van der Waals surface area contributed by atoms with Crippen LogP contribution in [0.5, 0.6) is 0 Å². The summed E-state index contributed by atoms with van der Waals surface area (Å²) in [6.07, 6.45) is -5.08.